The number of nitrogens with zero attached hydrogens (tertiary/aromatic N) is 2. The summed E-state index contributed by atoms with van der Waals surface area (Å²) >= 11 is 0. The van der Waals surface area contributed by atoms with Crippen molar-refractivity contribution in [2.45, 2.75) is 39.2 Å². The van der Waals surface area contributed by atoms with Crippen molar-refractivity contribution in [2.24, 2.45) is 7.05 Å². The number of aryl methyl sites for hydroxylation is 2. The first-order valence-electron chi connectivity index (χ1n) is 6.60. The van der Waals surface area contributed by atoms with Crippen LogP contribution in [0.2, 0.25) is 0 Å². The molecule has 0 aromatic carbocycles. The van der Waals surface area contributed by atoms with E-state index in [2.05, 4.69) is 22.1 Å². The van der Waals surface area contributed by atoms with Crippen LogP contribution in [-0.4, -0.2) is 36.5 Å². The highest BCUT2D eigenvalue weighted by atomic mass is 32.2. The lowest BCUT2D eigenvalue weighted by molar-refractivity contribution is 0.475. The van der Waals surface area contributed by atoms with E-state index >= 15 is 0 Å². The Labute approximate surface area is 121 Å². The highest BCUT2D eigenvalue weighted by Gasteiger charge is 2.23. The van der Waals surface area contributed by atoms with Gasteiger partial charge in [0.05, 0.1) is 17.6 Å². The van der Waals surface area contributed by atoms with Crippen LogP contribution in [-0.2, 0) is 23.5 Å². The molecule has 0 spiro atoms. The van der Waals surface area contributed by atoms with Crippen LogP contribution in [0.25, 0.3) is 0 Å². The fourth-order valence-corrected chi connectivity index (χ4v) is 3.15. The maximum atomic E-state index is 11.3. The van der Waals surface area contributed by atoms with Crippen molar-refractivity contribution in [1.29, 1.82) is 0 Å². The highest BCUT2D eigenvalue weighted by Crippen LogP contribution is 2.23. The zero-order chi connectivity index (χ0) is 15.6. The van der Waals surface area contributed by atoms with Gasteiger partial charge in [-0.1, -0.05) is 13.3 Å². The van der Waals surface area contributed by atoms with E-state index in [1.165, 1.54) is 0 Å². The predicted molar refractivity (Wildman–Crippen MR) is 82.2 cm³/mol. The largest absolute Gasteiger partial charge is 0.394 e. The third-order valence-electron chi connectivity index (χ3n) is 2.81. The first-order valence-corrected chi connectivity index (χ1v) is 8.49. The number of nitrogens with one attached hydrogen (secondary N) is 2. The predicted octanol–water partition coefficient (Wildman–Crippen LogP) is 0.695. The summed E-state index contributed by atoms with van der Waals surface area (Å²) in [6.45, 7) is 6.09. The molecule has 20 heavy (non-hydrogen) atoms. The van der Waals surface area contributed by atoms with E-state index in [0.717, 1.165) is 30.6 Å². The fraction of sp³-hybridized carbons (Fsp3) is 0.750. The second-order valence-electron chi connectivity index (χ2n) is 5.69. The Hall–Kier alpha value is -1.28. The normalized spacial score (nSPS) is 12.7. The van der Waals surface area contributed by atoms with Crippen LogP contribution in [0.1, 0.15) is 32.9 Å². The van der Waals surface area contributed by atoms with Gasteiger partial charge in [0.25, 0.3) is 0 Å². The van der Waals surface area contributed by atoms with Crippen molar-refractivity contribution in [1.82, 2.24) is 14.5 Å². The molecule has 0 bridgehead atoms. The average molecular weight is 303 g/mol. The van der Waals surface area contributed by atoms with Gasteiger partial charge >= 0.3 is 0 Å². The third-order valence-corrected chi connectivity index (χ3v) is 3.73. The van der Waals surface area contributed by atoms with Gasteiger partial charge in [-0.2, -0.15) is 5.10 Å². The summed E-state index contributed by atoms with van der Waals surface area (Å²) in [6, 6.07) is 0. The number of aromatic nitrogens is 2. The molecular formula is C12H25N5O2S. The van der Waals surface area contributed by atoms with Crippen LogP contribution >= 0.6 is 0 Å². The Morgan fingerprint density at radius 2 is 2.00 bits per heavy atom. The molecule has 116 valence electrons. The van der Waals surface area contributed by atoms with E-state index in [4.69, 9.17) is 5.73 Å². The molecule has 4 N–H and O–H groups in total. The van der Waals surface area contributed by atoms with E-state index < -0.39 is 15.6 Å². The lowest BCUT2D eigenvalue weighted by Crippen LogP contribution is -2.48. The van der Waals surface area contributed by atoms with E-state index in [0.29, 0.717) is 12.2 Å². The van der Waals surface area contributed by atoms with Gasteiger partial charge in [-0.05, 0) is 20.3 Å². The Morgan fingerprint density at radius 3 is 2.50 bits per heavy atom. The monoisotopic (exact) mass is 303 g/mol. The minimum atomic E-state index is -3.25. The molecule has 0 unspecified atom stereocenters. The zero-order valence-corrected chi connectivity index (χ0v) is 13.6. The highest BCUT2D eigenvalue weighted by molar-refractivity contribution is 7.88. The lowest BCUT2D eigenvalue weighted by atomic mass is 10.1. The summed E-state index contributed by atoms with van der Waals surface area (Å²) in [5, 5.41) is 7.54. The number of anilines is 2. The molecular weight excluding hydrogens is 278 g/mol. The van der Waals surface area contributed by atoms with Gasteiger partial charge in [0.2, 0.25) is 10.0 Å². The Balaban J connectivity index is 2.80. The molecule has 0 aliphatic rings. The van der Waals surface area contributed by atoms with Crippen molar-refractivity contribution in [2.75, 3.05) is 23.9 Å². The number of hydrogen-bond donors (Lipinski definition) is 3. The summed E-state index contributed by atoms with van der Waals surface area (Å²) in [4.78, 5) is 0. The molecule has 0 aliphatic heterocycles. The minimum absolute atomic E-state index is 0.412. The SMILES string of the molecule is CCCc1nn(C)c(NCC(C)(C)NS(C)(=O)=O)c1N. The van der Waals surface area contributed by atoms with Crippen LogP contribution in [0.4, 0.5) is 11.5 Å². The molecule has 0 fully saturated rings. The molecule has 1 heterocycles. The molecule has 1 aromatic rings. The van der Waals surface area contributed by atoms with Gasteiger partial charge in [0.15, 0.2) is 0 Å². The molecule has 1 aromatic heterocycles. The summed E-state index contributed by atoms with van der Waals surface area (Å²) in [6.07, 6.45) is 2.95. The molecule has 8 heteroatoms. The Bertz CT molecular complexity index is 563. The molecule has 0 aliphatic carbocycles. The second-order valence-corrected chi connectivity index (χ2v) is 7.44. The van der Waals surface area contributed by atoms with E-state index in [1.54, 1.807) is 18.5 Å². The molecule has 0 saturated heterocycles. The van der Waals surface area contributed by atoms with Gasteiger partial charge in [-0.25, -0.2) is 13.1 Å². The van der Waals surface area contributed by atoms with Gasteiger partial charge in [-0.15, -0.1) is 0 Å². The number of sulfonamides is 1. The summed E-state index contributed by atoms with van der Waals surface area (Å²) < 4.78 is 26.9. The Morgan fingerprint density at radius 1 is 1.40 bits per heavy atom. The average Bonchev–Trinajstić information content (AvgIpc) is 2.49. The van der Waals surface area contributed by atoms with Crippen molar-refractivity contribution < 1.29 is 8.42 Å². The van der Waals surface area contributed by atoms with Crippen LogP contribution in [0.3, 0.4) is 0 Å². The van der Waals surface area contributed by atoms with Gasteiger partial charge in [-0.3, -0.25) is 4.68 Å². The number of rotatable bonds is 7. The topological polar surface area (TPSA) is 102 Å². The molecule has 0 amide bonds. The van der Waals surface area contributed by atoms with E-state index in [1.807, 2.05) is 7.05 Å². The molecule has 1 rings (SSSR count). The van der Waals surface area contributed by atoms with Crippen molar-refractivity contribution >= 4 is 21.5 Å². The van der Waals surface area contributed by atoms with Crippen LogP contribution in [0.5, 0.6) is 0 Å². The summed E-state index contributed by atoms with van der Waals surface area (Å²) in [5.74, 6) is 0.719. The van der Waals surface area contributed by atoms with Gasteiger partial charge in [0.1, 0.15) is 5.82 Å². The van der Waals surface area contributed by atoms with Gasteiger partial charge in [0, 0.05) is 19.1 Å². The third kappa shape index (κ3) is 4.68. The van der Waals surface area contributed by atoms with E-state index in [9.17, 15) is 8.42 Å². The van der Waals surface area contributed by atoms with Crippen molar-refractivity contribution in [3.8, 4) is 0 Å². The number of hydrogen-bond acceptors (Lipinski definition) is 5. The standard InChI is InChI=1S/C12H25N5O2S/c1-6-7-9-10(13)11(17(4)15-9)14-8-12(2,3)16-20(5,18)19/h14,16H,6-8,13H2,1-5H3. The summed E-state index contributed by atoms with van der Waals surface area (Å²) in [7, 11) is -1.44. The molecule has 0 atom stereocenters. The quantitative estimate of drug-likeness (QED) is 0.688. The van der Waals surface area contributed by atoms with Gasteiger partial charge < -0.3 is 11.1 Å². The molecule has 0 radical (unpaired) electrons. The first kappa shape index (κ1) is 16.8. The molecule has 7 nitrogen and oxygen atoms in total. The van der Waals surface area contributed by atoms with E-state index in [-0.39, 0.29) is 0 Å². The first-order chi connectivity index (χ1) is 9.06. The number of nitrogen functional groups attached to an aromatic ring is 1. The molecule has 0 saturated carbocycles. The second kappa shape index (κ2) is 6.01. The van der Waals surface area contributed by atoms with Crippen molar-refractivity contribution in [3.63, 3.8) is 0 Å². The number of nitrogens with two attached hydrogens (primary N) is 1. The maximum absolute atomic E-state index is 11.3. The maximum Gasteiger partial charge on any atom is 0.209 e. The summed E-state index contributed by atoms with van der Waals surface area (Å²) in [5.41, 5.74) is 6.94. The zero-order valence-electron chi connectivity index (χ0n) is 12.8. The van der Waals surface area contributed by atoms with Crippen LogP contribution in [0.15, 0.2) is 0 Å². The van der Waals surface area contributed by atoms with Crippen LogP contribution in [0, 0.1) is 0 Å². The fourth-order valence-electron chi connectivity index (χ4n) is 2.07. The Kier molecular flexibility index (Phi) is 5.04. The smallest absolute Gasteiger partial charge is 0.209 e. The minimum Gasteiger partial charge on any atom is -0.394 e. The van der Waals surface area contributed by atoms with Crippen molar-refractivity contribution in [3.05, 3.63) is 5.69 Å². The lowest BCUT2D eigenvalue weighted by Gasteiger charge is -2.25. The van der Waals surface area contributed by atoms with Crippen LogP contribution < -0.4 is 15.8 Å².